The summed E-state index contributed by atoms with van der Waals surface area (Å²) in [6.45, 7) is 0.775. The van der Waals surface area contributed by atoms with Crippen molar-refractivity contribution in [3.8, 4) is 0 Å². The van der Waals surface area contributed by atoms with Gasteiger partial charge in [0.05, 0.1) is 5.75 Å². The molecule has 0 saturated carbocycles. The second-order valence-electron chi connectivity index (χ2n) is 1.91. The Morgan fingerprint density at radius 3 is 2.45 bits per heavy atom. The predicted octanol–water partition coefficient (Wildman–Crippen LogP) is -0.738. The quantitative estimate of drug-likeness (QED) is 0.579. The van der Waals surface area contributed by atoms with Crippen LogP contribution in [0.25, 0.3) is 0 Å². The molecule has 5 nitrogen and oxygen atoms in total. The van der Waals surface area contributed by atoms with Crippen molar-refractivity contribution in [3.63, 3.8) is 0 Å². The molecule has 0 unspecified atom stereocenters. The second-order valence-corrected chi connectivity index (χ2v) is 3.60. The maximum Gasteiger partial charge on any atom is 0.319 e. The monoisotopic (exact) mass is 182 g/mol. The normalized spacial score (nSPS) is 11.1. The molecule has 1 N–H and O–H groups in total. The van der Waals surface area contributed by atoms with Gasteiger partial charge in [-0.3, -0.25) is 4.79 Å². The highest BCUT2D eigenvalue weighted by Crippen LogP contribution is 1.95. The molecule has 0 atom stereocenters. The number of carbonyl (C=O) groups is 1. The molecule has 0 aliphatic rings. The lowest BCUT2D eigenvalue weighted by molar-refractivity contribution is -0.131. The molecule has 6 heteroatoms. The summed E-state index contributed by atoms with van der Waals surface area (Å²) in [5.41, 5.74) is 0. The summed E-state index contributed by atoms with van der Waals surface area (Å²) in [6, 6.07) is 0. The molecule has 0 amide bonds. The summed E-state index contributed by atoms with van der Waals surface area (Å²) >= 11 is 0. The zero-order valence-corrected chi connectivity index (χ0v) is 6.93. The van der Waals surface area contributed by atoms with E-state index >= 15 is 0 Å². The number of hydrogen-bond acceptors (Lipinski definition) is 5. The molecule has 0 aromatic rings. The number of aliphatic hydroxyl groups is 1. The number of aliphatic hydroxyl groups excluding tert-OH is 1. The van der Waals surface area contributed by atoms with Crippen molar-refractivity contribution >= 4 is 16.1 Å². The topological polar surface area (TPSA) is 80.7 Å². The van der Waals surface area contributed by atoms with Crippen LogP contribution in [0.3, 0.4) is 0 Å². The van der Waals surface area contributed by atoms with Crippen molar-refractivity contribution in [1.82, 2.24) is 0 Å². The van der Waals surface area contributed by atoms with Gasteiger partial charge in [-0.15, -0.1) is 0 Å². The fourth-order valence-corrected chi connectivity index (χ4v) is 1.39. The SMILES string of the molecule is CC(=O)OS(=O)(=O)CCCO. The number of rotatable bonds is 4. The smallest absolute Gasteiger partial charge is 0.319 e. The summed E-state index contributed by atoms with van der Waals surface area (Å²) in [5, 5.41) is 8.26. The van der Waals surface area contributed by atoms with Crippen molar-refractivity contribution < 1.29 is 22.5 Å². The Morgan fingerprint density at radius 1 is 1.55 bits per heavy atom. The van der Waals surface area contributed by atoms with Gasteiger partial charge in [-0.25, -0.2) is 0 Å². The third-order valence-electron chi connectivity index (χ3n) is 0.797. The van der Waals surface area contributed by atoms with Crippen LogP contribution in [-0.4, -0.2) is 31.9 Å². The van der Waals surface area contributed by atoms with Gasteiger partial charge in [-0.2, -0.15) is 8.42 Å². The van der Waals surface area contributed by atoms with Crippen LogP contribution < -0.4 is 0 Å². The lowest BCUT2D eigenvalue weighted by Crippen LogP contribution is -2.14. The summed E-state index contributed by atoms with van der Waals surface area (Å²) in [4.78, 5) is 10.2. The predicted molar refractivity (Wildman–Crippen MR) is 37.3 cm³/mol. The Labute approximate surface area is 65.1 Å². The first-order valence-electron chi connectivity index (χ1n) is 3.01. The van der Waals surface area contributed by atoms with Crippen molar-refractivity contribution in [2.24, 2.45) is 0 Å². The van der Waals surface area contributed by atoms with Crippen LogP contribution in [0.2, 0.25) is 0 Å². The number of hydrogen-bond donors (Lipinski definition) is 1. The lowest BCUT2D eigenvalue weighted by Gasteiger charge is -2.00. The summed E-state index contributed by atoms with van der Waals surface area (Å²) in [6.07, 6.45) is 0.0790. The first kappa shape index (κ1) is 10.4. The maximum atomic E-state index is 10.6. The Bertz CT molecular complexity index is 217. The Balaban J connectivity index is 3.92. The van der Waals surface area contributed by atoms with Crippen LogP contribution in [0.4, 0.5) is 0 Å². The first-order valence-corrected chi connectivity index (χ1v) is 4.59. The molecule has 0 aliphatic carbocycles. The van der Waals surface area contributed by atoms with Gasteiger partial charge in [-0.05, 0) is 6.42 Å². The number of carbonyl (C=O) groups excluding carboxylic acids is 1. The molecule has 0 saturated heterocycles. The highest BCUT2D eigenvalue weighted by Gasteiger charge is 2.12. The average Bonchev–Trinajstić information content (AvgIpc) is 1.81. The van der Waals surface area contributed by atoms with E-state index in [1.807, 2.05) is 0 Å². The fraction of sp³-hybridized carbons (Fsp3) is 0.800. The first-order chi connectivity index (χ1) is 4.98. The molecule has 0 aliphatic heterocycles. The highest BCUT2D eigenvalue weighted by molar-refractivity contribution is 7.87. The summed E-state index contributed by atoms with van der Waals surface area (Å²) in [5.74, 6) is -1.19. The van der Waals surface area contributed by atoms with E-state index in [-0.39, 0.29) is 18.8 Å². The van der Waals surface area contributed by atoms with Crippen molar-refractivity contribution in [1.29, 1.82) is 0 Å². The average molecular weight is 182 g/mol. The summed E-state index contributed by atoms with van der Waals surface area (Å²) < 4.78 is 25.3. The molecule has 0 aromatic heterocycles. The molecule has 0 aromatic carbocycles. The van der Waals surface area contributed by atoms with Crippen LogP contribution in [0.1, 0.15) is 13.3 Å². The summed E-state index contributed by atoms with van der Waals surface area (Å²) in [7, 11) is -3.75. The van der Waals surface area contributed by atoms with Gasteiger partial charge in [0.15, 0.2) is 0 Å². The van der Waals surface area contributed by atoms with E-state index < -0.39 is 16.1 Å². The largest absolute Gasteiger partial charge is 0.396 e. The second kappa shape index (κ2) is 4.30. The van der Waals surface area contributed by atoms with Crippen LogP contribution in [0, 0.1) is 0 Å². The van der Waals surface area contributed by atoms with Crippen molar-refractivity contribution in [3.05, 3.63) is 0 Å². The Hall–Kier alpha value is -0.620. The minimum absolute atomic E-state index is 0.0790. The van der Waals surface area contributed by atoms with Crippen LogP contribution >= 0.6 is 0 Å². The zero-order chi connectivity index (χ0) is 8.91. The molecule has 0 radical (unpaired) electrons. The fourth-order valence-electron chi connectivity index (χ4n) is 0.462. The standard InChI is InChI=1S/C5H10O5S/c1-5(7)10-11(8,9)4-2-3-6/h6H,2-4H2,1H3. The van der Waals surface area contributed by atoms with Gasteiger partial charge in [0, 0.05) is 13.5 Å². The van der Waals surface area contributed by atoms with Crippen LogP contribution in [-0.2, 0) is 19.1 Å². The maximum absolute atomic E-state index is 10.6. The van der Waals surface area contributed by atoms with Gasteiger partial charge < -0.3 is 9.29 Å². The molecule has 0 fully saturated rings. The highest BCUT2D eigenvalue weighted by atomic mass is 32.2. The van der Waals surface area contributed by atoms with E-state index in [2.05, 4.69) is 4.18 Å². The minimum atomic E-state index is -3.75. The molecule has 0 spiro atoms. The van der Waals surface area contributed by atoms with Crippen LogP contribution in [0.5, 0.6) is 0 Å². The Kier molecular flexibility index (Phi) is 4.06. The van der Waals surface area contributed by atoms with Gasteiger partial charge in [0.25, 0.3) is 0 Å². The zero-order valence-electron chi connectivity index (χ0n) is 6.11. The van der Waals surface area contributed by atoms with E-state index in [4.69, 9.17) is 5.11 Å². The molecular formula is C5H10O5S. The van der Waals surface area contributed by atoms with E-state index in [1.165, 1.54) is 0 Å². The van der Waals surface area contributed by atoms with Crippen LogP contribution in [0.15, 0.2) is 0 Å². The third-order valence-corrected chi connectivity index (χ3v) is 2.07. The van der Waals surface area contributed by atoms with E-state index in [9.17, 15) is 13.2 Å². The molecule has 0 rings (SSSR count). The third kappa shape index (κ3) is 5.81. The molecular weight excluding hydrogens is 172 g/mol. The minimum Gasteiger partial charge on any atom is -0.396 e. The van der Waals surface area contributed by atoms with Gasteiger partial charge in [0.2, 0.25) is 0 Å². The van der Waals surface area contributed by atoms with Crippen molar-refractivity contribution in [2.45, 2.75) is 13.3 Å². The molecule has 66 valence electrons. The van der Waals surface area contributed by atoms with E-state index in [1.54, 1.807) is 0 Å². The van der Waals surface area contributed by atoms with Crippen molar-refractivity contribution in [2.75, 3.05) is 12.4 Å². The van der Waals surface area contributed by atoms with E-state index in [0.29, 0.717) is 0 Å². The van der Waals surface area contributed by atoms with E-state index in [0.717, 1.165) is 6.92 Å². The van der Waals surface area contributed by atoms with Gasteiger partial charge in [-0.1, -0.05) is 0 Å². The molecule has 0 bridgehead atoms. The van der Waals surface area contributed by atoms with Gasteiger partial charge in [0.1, 0.15) is 0 Å². The lowest BCUT2D eigenvalue weighted by atomic mass is 10.5. The Morgan fingerprint density at radius 2 is 2.09 bits per heavy atom. The molecule has 0 heterocycles. The molecule has 11 heavy (non-hydrogen) atoms. The van der Waals surface area contributed by atoms with Gasteiger partial charge >= 0.3 is 16.1 Å².